The molecular formula is C13H6BrClFIO. The molecule has 0 aliphatic heterocycles. The first-order valence-electron chi connectivity index (χ1n) is 4.94. The maximum absolute atomic E-state index is 13.7. The Hall–Kier alpha value is -0.460. The molecule has 1 nitrogen and oxygen atoms in total. The van der Waals surface area contributed by atoms with Crippen molar-refractivity contribution in [2.75, 3.05) is 0 Å². The first-order chi connectivity index (χ1) is 8.49. The number of hydrogen-bond donors (Lipinski definition) is 0. The number of hydrogen-bond acceptors (Lipinski definition) is 1. The normalized spacial score (nSPS) is 10.4. The molecule has 0 radical (unpaired) electrons. The molecule has 0 aliphatic carbocycles. The van der Waals surface area contributed by atoms with Gasteiger partial charge in [-0.15, -0.1) is 0 Å². The highest BCUT2D eigenvalue weighted by Crippen LogP contribution is 2.27. The lowest BCUT2D eigenvalue weighted by atomic mass is 10.0. The summed E-state index contributed by atoms with van der Waals surface area (Å²) in [5.41, 5.74) is 0.414. The maximum Gasteiger partial charge on any atom is 0.196 e. The van der Waals surface area contributed by atoms with Gasteiger partial charge in [0.1, 0.15) is 5.82 Å². The van der Waals surface area contributed by atoms with Crippen LogP contribution < -0.4 is 0 Å². The van der Waals surface area contributed by atoms with E-state index in [2.05, 4.69) is 38.5 Å². The molecule has 0 atom stereocenters. The zero-order valence-electron chi connectivity index (χ0n) is 8.88. The summed E-state index contributed by atoms with van der Waals surface area (Å²) in [6.07, 6.45) is 0. The minimum atomic E-state index is -0.588. The Morgan fingerprint density at radius 1 is 1.22 bits per heavy atom. The Kier molecular flexibility index (Phi) is 4.40. The summed E-state index contributed by atoms with van der Waals surface area (Å²) in [5.74, 6) is -0.965. The van der Waals surface area contributed by atoms with Crippen molar-refractivity contribution >= 4 is 55.9 Å². The standard InChI is InChI=1S/C13H6BrClFIO/c14-10-6-12(16)9(5-11(10)15)13(18)7-1-3-8(17)4-2-7/h1-6H. The van der Waals surface area contributed by atoms with Crippen LogP contribution in [0.25, 0.3) is 0 Å². The molecule has 2 aromatic carbocycles. The fourth-order valence-electron chi connectivity index (χ4n) is 1.45. The molecule has 92 valence electrons. The van der Waals surface area contributed by atoms with Crippen molar-refractivity contribution < 1.29 is 9.18 Å². The molecule has 0 spiro atoms. The predicted molar refractivity (Wildman–Crippen MR) is 81.7 cm³/mol. The molecule has 0 unspecified atom stereocenters. The van der Waals surface area contributed by atoms with Gasteiger partial charge in [0.2, 0.25) is 0 Å². The molecule has 0 saturated carbocycles. The monoisotopic (exact) mass is 438 g/mol. The largest absolute Gasteiger partial charge is 0.288 e. The molecule has 18 heavy (non-hydrogen) atoms. The molecule has 0 N–H and O–H groups in total. The minimum absolute atomic E-state index is 0.0237. The predicted octanol–water partition coefficient (Wildman–Crippen LogP) is 5.08. The first-order valence-corrected chi connectivity index (χ1v) is 7.19. The van der Waals surface area contributed by atoms with Crippen LogP contribution in [0.3, 0.4) is 0 Å². The molecule has 0 saturated heterocycles. The van der Waals surface area contributed by atoms with Crippen molar-refractivity contribution in [1.29, 1.82) is 0 Å². The zero-order chi connectivity index (χ0) is 13.3. The van der Waals surface area contributed by atoms with Gasteiger partial charge < -0.3 is 0 Å². The highest BCUT2D eigenvalue weighted by molar-refractivity contribution is 14.1. The smallest absolute Gasteiger partial charge is 0.196 e. The minimum Gasteiger partial charge on any atom is -0.288 e. The molecular weight excluding hydrogens is 433 g/mol. The fourth-order valence-corrected chi connectivity index (χ4v) is 2.29. The highest BCUT2D eigenvalue weighted by Gasteiger charge is 2.16. The first kappa shape index (κ1) is 14.0. The quantitative estimate of drug-likeness (QED) is 0.363. The van der Waals surface area contributed by atoms with Crippen LogP contribution in [0.2, 0.25) is 5.02 Å². The van der Waals surface area contributed by atoms with Crippen molar-refractivity contribution in [3.8, 4) is 0 Å². The molecule has 0 aliphatic rings. The van der Waals surface area contributed by atoms with Crippen LogP contribution in [0, 0.1) is 9.39 Å². The SMILES string of the molecule is O=C(c1ccc(I)cc1)c1cc(Cl)c(Br)cc1F. The van der Waals surface area contributed by atoms with Crippen LogP contribution in [0.15, 0.2) is 40.9 Å². The summed E-state index contributed by atoms with van der Waals surface area (Å²) in [7, 11) is 0. The van der Waals surface area contributed by atoms with Crippen LogP contribution >= 0.6 is 50.1 Å². The third kappa shape index (κ3) is 2.92. The van der Waals surface area contributed by atoms with E-state index >= 15 is 0 Å². The third-order valence-corrected chi connectivity index (χ3v) is 4.28. The Labute approximate surface area is 131 Å². The van der Waals surface area contributed by atoms with Crippen molar-refractivity contribution in [2.45, 2.75) is 0 Å². The van der Waals surface area contributed by atoms with Gasteiger partial charge in [0, 0.05) is 13.6 Å². The Bertz CT molecular complexity index is 613. The van der Waals surface area contributed by atoms with E-state index in [1.165, 1.54) is 12.1 Å². The topological polar surface area (TPSA) is 17.1 Å². The van der Waals surface area contributed by atoms with Gasteiger partial charge in [0.05, 0.1) is 10.6 Å². The Morgan fingerprint density at radius 3 is 2.44 bits per heavy atom. The lowest BCUT2D eigenvalue weighted by Crippen LogP contribution is -2.04. The Balaban J connectivity index is 2.46. The second-order valence-corrected chi connectivity index (χ2v) is 6.09. The van der Waals surface area contributed by atoms with Crippen molar-refractivity contribution in [3.05, 3.63) is 66.4 Å². The van der Waals surface area contributed by atoms with Gasteiger partial charge in [0.25, 0.3) is 0 Å². The van der Waals surface area contributed by atoms with Crippen LogP contribution in [-0.2, 0) is 0 Å². The second kappa shape index (κ2) is 5.67. The summed E-state index contributed by atoms with van der Waals surface area (Å²) in [5, 5.41) is 0.310. The summed E-state index contributed by atoms with van der Waals surface area (Å²) >= 11 is 11.1. The van der Waals surface area contributed by atoms with Crippen LogP contribution in [-0.4, -0.2) is 5.78 Å². The van der Waals surface area contributed by atoms with E-state index in [-0.39, 0.29) is 11.3 Å². The van der Waals surface area contributed by atoms with Gasteiger partial charge in [-0.3, -0.25) is 4.79 Å². The molecule has 2 aromatic rings. The lowest BCUT2D eigenvalue weighted by molar-refractivity contribution is 0.103. The van der Waals surface area contributed by atoms with Gasteiger partial charge in [-0.05, 0) is 74.9 Å². The summed E-state index contributed by atoms with van der Waals surface area (Å²) in [4.78, 5) is 12.1. The number of carbonyl (C=O) groups is 1. The average Bonchev–Trinajstić information content (AvgIpc) is 2.34. The number of ketones is 1. The maximum atomic E-state index is 13.7. The second-order valence-electron chi connectivity index (χ2n) is 3.58. The fraction of sp³-hybridized carbons (Fsp3) is 0. The number of halogens is 4. The summed E-state index contributed by atoms with van der Waals surface area (Å²) < 4.78 is 15.2. The highest BCUT2D eigenvalue weighted by atomic mass is 127. The van der Waals surface area contributed by atoms with E-state index in [1.807, 2.05) is 0 Å². The van der Waals surface area contributed by atoms with Crippen molar-refractivity contribution in [2.24, 2.45) is 0 Å². The molecule has 0 heterocycles. The van der Waals surface area contributed by atoms with Crippen LogP contribution in [0.5, 0.6) is 0 Å². The zero-order valence-corrected chi connectivity index (χ0v) is 13.4. The average molecular weight is 439 g/mol. The molecule has 5 heteroatoms. The van der Waals surface area contributed by atoms with Crippen LogP contribution in [0.1, 0.15) is 15.9 Å². The van der Waals surface area contributed by atoms with Gasteiger partial charge in [-0.25, -0.2) is 4.39 Å². The summed E-state index contributed by atoms with van der Waals surface area (Å²) in [6, 6.07) is 9.46. The number of benzene rings is 2. The Morgan fingerprint density at radius 2 is 1.83 bits per heavy atom. The molecule has 2 rings (SSSR count). The molecule has 0 fully saturated rings. The van der Waals surface area contributed by atoms with Gasteiger partial charge in [-0.2, -0.15) is 0 Å². The van der Waals surface area contributed by atoms with E-state index in [0.717, 1.165) is 3.57 Å². The van der Waals surface area contributed by atoms with E-state index in [9.17, 15) is 9.18 Å². The van der Waals surface area contributed by atoms with Gasteiger partial charge in [-0.1, -0.05) is 11.6 Å². The third-order valence-electron chi connectivity index (χ3n) is 2.36. The van der Waals surface area contributed by atoms with E-state index in [4.69, 9.17) is 11.6 Å². The van der Waals surface area contributed by atoms with E-state index in [1.54, 1.807) is 24.3 Å². The molecule has 0 bridgehead atoms. The number of carbonyl (C=O) groups excluding carboxylic acids is 1. The molecule has 0 amide bonds. The lowest BCUT2D eigenvalue weighted by Gasteiger charge is -2.05. The van der Waals surface area contributed by atoms with Gasteiger partial charge >= 0.3 is 0 Å². The van der Waals surface area contributed by atoms with Crippen molar-refractivity contribution in [1.82, 2.24) is 0 Å². The van der Waals surface area contributed by atoms with Gasteiger partial charge in [0.15, 0.2) is 5.78 Å². The van der Waals surface area contributed by atoms with Crippen molar-refractivity contribution in [3.63, 3.8) is 0 Å². The van der Waals surface area contributed by atoms with E-state index < -0.39 is 5.82 Å². The number of rotatable bonds is 2. The molecule has 0 aromatic heterocycles. The van der Waals surface area contributed by atoms with Crippen LogP contribution in [0.4, 0.5) is 4.39 Å². The summed E-state index contributed by atoms with van der Waals surface area (Å²) in [6.45, 7) is 0. The van der Waals surface area contributed by atoms with E-state index in [0.29, 0.717) is 15.1 Å².